The molecule has 0 bridgehead atoms. The summed E-state index contributed by atoms with van der Waals surface area (Å²) in [6.07, 6.45) is 1.07. The van der Waals surface area contributed by atoms with Crippen LogP contribution in [0, 0.1) is 0 Å². The molecule has 0 saturated heterocycles. The normalized spacial score (nSPS) is 14.5. The molecule has 1 aromatic heterocycles. The van der Waals surface area contributed by atoms with E-state index in [1.807, 2.05) is 0 Å². The molecule has 0 aliphatic rings. The van der Waals surface area contributed by atoms with Crippen LogP contribution in [0.1, 0.15) is 29.5 Å². The Labute approximate surface area is 97.7 Å². The van der Waals surface area contributed by atoms with E-state index >= 15 is 0 Å². The van der Waals surface area contributed by atoms with Crippen LogP contribution in [0.3, 0.4) is 0 Å². The Bertz CT molecular complexity index is 368. The lowest BCUT2D eigenvalue weighted by Crippen LogP contribution is -2.28. The van der Waals surface area contributed by atoms with Gasteiger partial charge in [-0.3, -0.25) is 4.79 Å². The number of nitrogens with zero attached hydrogens (tertiary/aromatic N) is 3. The van der Waals surface area contributed by atoms with Gasteiger partial charge in [0.2, 0.25) is 5.82 Å². The minimum absolute atomic E-state index is 0.0357. The topological polar surface area (TPSA) is 134 Å². The first kappa shape index (κ1) is 13.6. The van der Waals surface area contributed by atoms with Crippen molar-refractivity contribution in [3.63, 3.8) is 0 Å². The summed E-state index contributed by atoms with van der Waals surface area (Å²) in [5.74, 6) is -0.910. The average Bonchev–Trinajstić information content (AvgIpc) is 2.78. The van der Waals surface area contributed by atoms with E-state index in [1.165, 1.54) is 11.0 Å². The molecular formula is C9H16N4O4. The van der Waals surface area contributed by atoms with E-state index in [-0.39, 0.29) is 12.4 Å². The Morgan fingerprint density at radius 1 is 1.53 bits per heavy atom. The van der Waals surface area contributed by atoms with Crippen molar-refractivity contribution >= 4 is 5.91 Å². The van der Waals surface area contributed by atoms with Gasteiger partial charge in [-0.1, -0.05) is 0 Å². The van der Waals surface area contributed by atoms with E-state index in [2.05, 4.69) is 10.1 Å². The van der Waals surface area contributed by atoms with E-state index in [0.717, 1.165) is 0 Å². The molecule has 0 aliphatic carbocycles. The largest absolute Gasteiger partial charge is 0.396 e. The highest BCUT2D eigenvalue weighted by atomic mass is 16.3. The van der Waals surface area contributed by atoms with Gasteiger partial charge in [-0.15, -0.1) is 5.10 Å². The van der Waals surface area contributed by atoms with E-state index in [4.69, 9.17) is 15.9 Å². The molecule has 0 spiro atoms. The fourth-order valence-electron chi connectivity index (χ4n) is 1.47. The molecule has 8 heteroatoms. The second-order valence-electron chi connectivity index (χ2n) is 3.60. The van der Waals surface area contributed by atoms with Crippen LogP contribution in [-0.4, -0.2) is 55.3 Å². The van der Waals surface area contributed by atoms with Gasteiger partial charge < -0.3 is 21.1 Å². The Morgan fingerprint density at radius 2 is 2.24 bits per heavy atom. The maximum Gasteiger partial charge on any atom is 0.288 e. The van der Waals surface area contributed by atoms with Crippen LogP contribution in [0.2, 0.25) is 0 Å². The number of hydrogen-bond donors (Lipinski definition) is 4. The van der Waals surface area contributed by atoms with Crippen LogP contribution in [0.4, 0.5) is 0 Å². The maximum absolute atomic E-state index is 10.8. The minimum Gasteiger partial charge on any atom is -0.396 e. The zero-order valence-electron chi connectivity index (χ0n) is 9.23. The first-order valence-electron chi connectivity index (χ1n) is 5.21. The standard InChI is InChI=1S/C9H16N4O4/c10-8(17)9-11-5-13(12-9)6(2-1-3-14)7(16)4-15/h5-7,14-16H,1-4H2,(H2,10,17)/t6-,7?/m0/s1. The summed E-state index contributed by atoms with van der Waals surface area (Å²) in [5, 5.41) is 31.1. The van der Waals surface area contributed by atoms with E-state index in [9.17, 15) is 9.90 Å². The molecule has 0 aromatic carbocycles. The van der Waals surface area contributed by atoms with Gasteiger partial charge in [0.05, 0.1) is 18.8 Å². The summed E-state index contributed by atoms with van der Waals surface area (Å²) in [5.41, 5.74) is 5.01. The number of amides is 1. The molecule has 1 amide bonds. The van der Waals surface area contributed by atoms with Crippen molar-refractivity contribution in [1.29, 1.82) is 0 Å². The Morgan fingerprint density at radius 3 is 2.71 bits per heavy atom. The van der Waals surface area contributed by atoms with Crippen LogP contribution in [-0.2, 0) is 0 Å². The molecule has 1 heterocycles. The minimum atomic E-state index is -1.04. The Hall–Kier alpha value is -1.51. The first-order chi connectivity index (χ1) is 8.10. The maximum atomic E-state index is 10.8. The predicted molar refractivity (Wildman–Crippen MR) is 57.0 cm³/mol. The summed E-state index contributed by atoms with van der Waals surface area (Å²) >= 11 is 0. The van der Waals surface area contributed by atoms with Crippen LogP contribution < -0.4 is 5.73 Å². The fourth-order valence-corrected chi connectivity index (χ4v) is 1.47. The van der Waals surface area contributed by atoms with Crippen LogP contribution in [0.5, 0.6) is 0 Å². The summed E-state index contributed by atoms with van der Waals surface area (Å²) < 4.78 is 1.27. The SMILES string of the molecule is NC(=O)c1ncn([C@@H](CCCO)C(O)CO)n1. The van der Waals surface area contributed by atoms with Crippen molar-refractivity contribution in [1.82, 2.24) is 14.8 Å². The molecule has 17 heavy (non-hydrogen) atoms. The van der Waals surface area contributed by atoms with Gasteiger partial charge in [-0.05, 0) is 12.8 Å². The lowest BCUT2D eigenvalue weighted by molar-refractivity contribution is 0.0411. The molecule has 0 aliphatic heterocycles. The number of aliphatic hydroxyl groups excluding tert-OH is 3. The number of aromatic nitrogens is 3. The molecule has 0 radical (unpaired) electrons. The third kappa shape index (κ3) is 3.48. The van der Waals surface area contributed by atoms with Crippen LogP contribution in [0.15, 0.2) is 6.33 Å². The van der Waals surface area contributed by atoms with Gasteiger partial charge in [-0.2, -0.15) is 0 Å². The molecule has 1 aromatic rings. The highest BCUT2D eigenvalue weighted by molar-refractivity contribution is 5.88. The third-order valence-electron chi connectivity index (χ3n) is 2.36. The first-order valence-corrected chi connectivity index (χ1v) is 5.21. The number of primary amides is 1. The van der Waals surface area contributed by atoms with Crippen molar-refractivity contribution in [2.45, 2.75) is 25.0 Å². The molecule has 0 saturated carbocycles. The van der Waals surface area contributed by atoms with Crippen molar-refractivity contribution in [2.75, 3.05) is 13.2 Å². The van der Waals surface area contributed by atoms with Gasteiger partial charge in [0.1, 0.15) is 6.33 Å². The number of carbonyl (C=O) groups is 1. The number of carbonyl (C=O) groups excluding carboxylic acids is 1. The van der Waals surface area contributed by atoms with Crippen molar-refractivity contribution in [3.8, 4) is 0 Å². The molecule has 96 valence electrons. The zero-order valence-corrected chi connectivity index (χ0v) is 9.23. The monoisotopic (exact) mass is 244 g/mol. The zero-order chi connectivity index (χ0) is 12.8. The second-order valence-corrected chi connectivity index (χ2v) is 3.60. The molecule has 8 nitrogen and oxygen atoms in total. The van der Waals surface area contributed by atoms with Crippen molar-refractivity contribution in [3.05, 3.63) is 12.2 Å². The average molecular weight is 244 g/mol. The highest BCUT2D eigenvalue weighted by Gasteiger charge is 2.22. The van der Waals surface area contributed by atoms with E-state index in [0.29, 0.717) is 12.8 Å². The summed E-state index contributed by atoms with van der Waals surface area (Å²) in [6.45, 7) is -0.478. The Balaban J connectivity index is 2.83. The smallest absolute Gasteiger partial charge is 0.288 e. The van der Waals surface area contributed by atoms with Crippen LogP contribution >= 0.6 is 0 Å². The summed E-state index contributed by atoms with van der Waals surface area (Å²) in [6, 6.07) is -0.548. The number of hydrogen-bond acceptors (Lipinski definition) is 6. The number of nitrogens with two attached hydrogens (primary N) is 1. The molecule has 2 atom stereocenters. The van der Waals surface area contributed by atoms with Gasteiger partial charge in [-0.25, -0.2) is 9.67 Å². The molecular weight excluding hydrogens is 228 g/mol. The summed E-state index contributed by atoms with van der Waals surface area (Å²) in [7, 11) is 0. The highest BCUT2D eigenvalue weighted by Crippen LogP contribution is 2.17. The van der Waals surface area contributed by atoms with Crippen molar-refractivity contribution in [2.24, 2.45) is 5.73 Å². The Kier molecular flexibility index (Phi) is 5.01. The van der Waals surface area contributed by atoms with Gasteiger partial charge in [0, 0.05) is 6.61 Å². The quantitative estimate of drug-likeness (QED) is 0.440. The van der Waals surface area contributed by atoms with Crippen molar-refractivity contribution < 1.29 is 20.1 Å². The number of rotatable bonds is 7. The second kappa shape index (κ2) is 6.28. The predicted octanol–water partition coefficient (Wildman–Crippen LogP) is -1.96. The van der Waals surface area contributed by atoms with Gasteiger partial charge >= 0.3 is 0 Å². The molecule has 0 fully saturated rings. The molecule has 1 rings (SSSR count). The molecule has 1 unspecified atom stereocenters. The fraction of sp³-hybridized carbons (Fsp3) is 0.667. The molecule has 5 N–H and O–H groups in total. The van der Waals surface area contributed by atoms with Gasteiger partial charge in [0.15, 0.2) is 0 Å². The lowest BCUT2D eigenvalue weighted by Gasteiger charge is -2.20. The summed E-state index contributed by atoms with van der Waals surface area (Å²) in [4.78, 5) is 14.5. The third-order valence-corrected chi connectivity index (χ3v) is 2.36. The number of aliphatic hydroxyl groups is 3. The van der Waals surface area contributed by atoms with Crippen LogP contribution in [0.25, 0.3) is 0 Å². The van der Waals surface area contributed by atoms with E-state index in [1.54, 1.807) is 0 Å². The van der Waals surface area contributed by atoms with Gasteiger partial charge in [0.25, 0.3) is 5.91 Å². The lowest BCUT2D eigenvalue weighted by atomic mass is 10.1. The van der Waals surface area contributed by atoms with E-state index < -0.39 is 24.7 Å².